The lowest BCUT2D eigenvalue weighted by Crippen LogP contribution is -2.25. The van der Waals surface area contributed by atoms with Crippen LogP contribution in [0.5, 0.6) is 0 Å². The van der Waals surface area contributed by atoms with Crippen LogP contribution in [0.15, 0.2) is 30.5 Å². The van der Waals surface area contributed by atoms with Gasteiger partial charge >= 0.3 is 5.97 Å². The van der Waals surface area contributed by atoms with Gasteiger partial charge < -0.3 is 10.4 Å². The summed E-state index contributed by atoms with van der Waals surface area (Å²) in [5.74, 6) is -0.397. The van der Waals surface area contributed by atoms with E-state index in [4.69, 9.17) is 16.7 Å². The summed E-state index contributed by atoms with van der Waals surface area (Å²) in [6.45, 7) is 1.56. The molecule has 0 saturated carbocycles. The van der Waals surface area contributed by atoms with Gasteiger partial charge in [-0.05, 0) is 30.5 Å². The average Bonchev–Trinajstić information content (AvgIpc) is 2.29. The number of nitrogens with one attached hydrogen (secondary N) is 1. The summed E-state index contributed by atoms with van der Waals surface area (Å²) in [5, 5.41) is 14.1. The van der Waals surface area contributed by atoms with Gasteiger partial charge in [0.05, 0.1) is 0 Å². The van der Waals surface area contributed by atoms with Gasteiger partial charge in [-0.25, -0.2) is 4.98 Å². The highest BCUT2D eigenvalue weighted by atomic mass is 35.5. The van der Waals surface area contributed by atoms with Crippen molar-refractivity contribution in [3.05, 3.63) is 35.5 Å². The molecule has 0 aliphatic carbocycles. The molecule has 2 aromatic rings. The standard InChI is InChI=1S/C12H11ClN2O2/c1-7(12(16)17)15-11-10-6-9(13)3-2-8(10)4-5-14-11/h2-7H,1H3,(H,14,15)(H,16,17). The van der Waals surface area contributed by atoms with E-state index in [1.807, 2.05) is 12.1 Å². The molecule has 0 bridgehead atoms. The number of benzene rings is 1. The highest BCUT2D eigenvalue weighted by molar-refractivity contribution is 6.31. The van der Waals surface area contributed by atoms with E-state index in [1.165, 1.54) is 0 Å². The maximum absolute atomic E-state index is 10.8. The van der Waals surface area contributed by atoms with Crippen LogP contribution >= 0.6 is 11.6 Å². The fourth-order valence-corrected chi connectivity index (χ4v) is 1.69. The van der Waals surface area contributed by atoms with Crippen LogP contribution in [0.2, 0.25) is 5.02 Å². The molecule has 88 valence electrons. The van der Waals surface area contributed by atoms with Crippen molar-refractivity contribution in [2.45, 2.75) is 13.0 Å². The second kappa shape index (κ2) is 4.59. The van der Waals surface area contributed by atoms with Crippen molar-refractivity contribution in [1.29, 1.82) is 0 Å². The lowest BCUT2D eigenvalue weighted by Gasteiger charge is -2.12. The topological polar surface area (TPSA) is 62.2 Å². The van der Waals surface area contributed by atoms with E-state index in [2.05, 4.69) is 10.3 Å². The quantitative estimate of drug-likeness (QED) is 0.879. The third-order valence-electron chi connectivity index (χ3n) is 2.45. The van der Waals surface area contributed by atoms with E-state index in [0.29, 0.717) is 10.8 Å². The van der Waals surface area contributed by atoms with Crippen LogP contribution in [0.3, 0.4) is 0 Å². The van der Waals surface area contributed by atoms with Gasteiger partial charge in [0.15, 0.2) is 0 Å². The summed E-state index contributed by atoms with van der Waals surface area (Å²) in [5.41, 5.74) is 0. The van der Waals surface area contributed by atoms with E-state index >= 15 is 0 Å². The summed E-state index contributed by atoms with van der Waals surface area (Å²) < 4.78 is 0. The Bertz CT molecular complexity index is 571. The number of carbonyl (C=O) groups is 1. The van der Waals surface area contributed by atoms with Gasteiger partial charge in [0, 0.05) is 16.6 Å². The van der Waals surface area contributed by atoms with E-state index in [0.717, 1.165) is 10.8 Å². The Labute approximate surface area is 103 Å². The Morgan fingerprint density at radius 3 is 2.94 bits per heavy atom. The van der Waals surface area contributed by atoms with Crippen molar-refractivity contribution >= 4 is 34.2 Å². The van der Waals surface area contributed by atoms with Gasteiger partial charge in [0.25, 0.3) is 0 Å². The third-order valence-corrected chi connectivity index (χ3v) is 2.69. The van der Waals surface area contributed by atoms with Crippen LogP contribution in [-0.4, -0.2) is 22.1 Å². The largest absolute Gasteiger partial charge is 0.480 e. The molecule has 0 aliphatic rings. The highest BCUT2D eigenvalue weighted by Gasteiger charge is 2.12. The number of fused-ring (bicyclic) bond motifs is 1. The number of aliphatic carboxylic acids is 1. The molecule has 0 fully saturated rings. The summed E-state index contributed by atoms with van der Waals surface area (Å²) in [7, 11) is 0. The monoisotopic (exact) mass is 250 g/mol. The summed E-state index contributed by atoms with van der Waals surface area (Å²) >= 11 is 5.92. The summed E-state index contributed by atoms with van der Waals surface area (Å²) in [6, 6.07) is 6.57. The van der Waals surface area contributed by atoms with Gasteiger partial charge in [-0.2, -0.15) is 0 Å². The second-order valence-electron chi connectivity index (χ2n) is 3.73. The van der Waals surface area contributed by atoms with E-state index in [1.54, 1.807) is 25.3 Å². The Balaban J connectivity index is 2.46. The van der Waals surface area contributed by atoms with Crippen molar-refractivity contribution < 1.29 is 9.90 Å². The predicted molar refractivity (Wildman–Crippen MR) is 67.5 cm³/mol. The SMILES string of the molecule is CC(Nc1nccc2ccc(Cl)cc12)C(=O)O. The normalized spacial score (nSPS) is 12.4. The first-order chi connectivity index (χ1) is 8.08. The number of pyridine rings is 1. The number of nitrogens with zero attached hydrogens (tertiary/aromatic N) is 1. The Morgan fingerprint density at radius 2 is 2.24 bits per heavy atom. The van der Waals surface area contributed by atoms with E-state index < -0.39 is 12.0 Å². The first-order valence-corrected chi connectivity index (χ1v) is 5.49. The number of carboxylic acids is 1. The van der Waals surface area contributed by atoms with Crippen molar-refractivity contribution in [3.63, 3.8) is 0 Å². The minimum Gasteiger partial charge on any atom is -0.480 e. The zero-order valence-electron chi connectivity index (χ0n) is 9.14. The molecule has 1 aromatic carbocycles. The second-order valence-corrected chi connectivity index (χ2v) is 4.17. The van der Waals surface area contributed by atoms with Crippen molar-refractivity contribution in [3.8, 4) is 0 Å². The molecule has 0 saturated heterocycles. The molecule has 2 rings (SSSR count). The zero-order chi connectivity index (χ0) is 12.4. The molecule has 1 aromatic heterocycles. The molecule has 0 amide bonds. The number of anilines is 1. The van der Waals surface area contributed by atoms with Gasteiger partial charge in [-0.1, -0.05) is 17.7 Å². The lowest BCUT2D eigenvalue weighted by molar-refractivity contribution is -0.137. The fraction of sp³-hybridized carbons (Fsp3) is 0.167. The smallest absolute Gasteiger partial charge is 0.325 e. The number of halogens is 1. The van der Waals surface area contributed by atoms with Crippen LogP contribution in [0.25, 0.3) is 10.8 Å². The molecule has 17 heavy (non-hydrogen) atoms. The molecule has 0 radical (unpaired) electrons. The third kappa shape index (κ3) is 2.47. The minimum atomic E-state index is -0.925. The van der Waals surface area contributed by atoms with Crippen LogP contribution < -0.4 is 5.32 Å². The average molecular weight is 251 g/mol. The van der Waals surface area contributed by atoms with Crippen LogP contribution in [-0.2, 0) is 4.79 Å². The predicted octanol–water partition coefficient (Wildman–Crippen LogP) is 2.77. The number of rotatable bonds is 3. The first-order valence-electron chi connectivity index (χ1n) is 5.11. The molecule has 1 heterocycles. The molecule has 1 unspecified atom stereocenters. The van der Waals surface area contributed by atoms with Crippen LogP contribution in [0.1, 0.15) is 6.92 Å². The van der Waals surface area contributed by atoms with E-state index in [9.17, 15) is 4.79 Å². The van der Waals surface area contributed by atoms with Gasteiger partial charge in [-0.15, -0.1) is 0 Å². The molecule has 4 nitrogen and oxygen atoms in total. The molecule has 2 N–H and O–H groups in total. The number of hydrogen-bond acceptors (Lipinski definition) is 3. The Morgan fingerprint density at radius 1 is 1.47 bits per heavy atom. The summed E-state index contributed by atoms with van der Waals surface area (Å²) in [4.78, 5) is 14.9. The minimum absolute atomic E-state index is 0.528. The maximum atomic E-state index is 10.8. The molecule has 1 atom stereocenters. The van der Waals surface area contributed by atoms with Gasteiger partial charge in [0.2, 0.25) is 0 Å². The summed E-state index contributed by atoms with van der Waals surface area (Å²) in [6.07, 6.45) is 1.63. The number of aromatic nitrogens is 1. The van der Waals surface area contributed by atoms with Crippen LogP contribution in [0.4, 0.5) is 5.82 Å². The molecular weight excluding hydrogens is 240 g/mol. The van der Waals surface area contributed by atoms with Crippen LogP contribution in [0, 0.1) is 0 Å². The van der Waals surface area contributed by atoms with Gasteiger partial charge in [0.1, 0.15) is 11.9 Å². The fourth-order valence-electron chi connectivity index (χ4n) is 1.52. The molecule has 0 spiro atoms. The Hall–Kier alpha value is -1.81. The maximum Gasteiger partial charge on any atom is 0.325 e. The molecule has 5 heteroatoms. The lowest BCUT2D eigenvalue weighted by atomic mass is 10.1. The molecular formula is C12H11ClN2O2. The van der Waals surface area contributed by atoms with Crippen molar-refractivity contribution in [2.24, 2.45) is 0 Å². The molecule has 0 aliphatic heterocycles. The number of carboxylic acid groups (broad SMARTS) is 1. The van der Waals surface area contributed by atoms with Gasteiger partial charge in [-0.3, -0.25) is 4.79 Å². The highest BCUT2D eigenvalue weighted by Crippen LogP contribution is 2.24. The zero-order valence-corrected chi connectivity index (χ0v) is 9.90. The number of hydrogen-bond donors (Lipinski definition) is 2. The van der Waals surface area contributed by atoms with Crippen molar-refractivity contribution in [2.75, 3.05) is 5.32 Å². The Kier molecular flexibility index (Phi) is 3.15. The first kappa shape index (κ1) is 11.7. The van der Waals surface area contributed by atoms with Crippen molar-refractivity contribution in [1.82, 2.24) is 4.98 Å². The van der Waals surface area contributed by atoms with E-state index in [-0.39, 0.29) is 0 Å².